The molecule has 3 amide bonds. The smallest absolute Gasteiger partial charge is 0.244 e. The molecule has 0 radical (unpaired) electrons. The average molecular weight is 469 g/mol. The highest BCUT2D eigenvalue weighted by Gasteiger charge is 2.58. The summed E-state index contributed by atoms with van der Waals surface area (Å²) < 4.78 is 1.59. The number of nitrogens with one attached hydrogen (secondary N) is 2. The Kier molecular flexibility index (Phi) is 6.70. The number of aliphatic hydroxyl groups is 1. The second kappa shape index (κ2) is 9.54. The van der Waals surface area contributed by atoms with Gasteiger partial charge in [0.05, 0.1) is 30.0 Å². The lowest BCUT2D eigenvalue weighted by Gasteiger charge is -2.35. The van der Waals surface area contributed by atoms with Crippen molar-refractivity contribution >= 4 is 28.8 Å². The highest BCUT2D eigenvalue weighted by Crippen LogP contribution is 2.45. The molecule has 182 valence electrons. The number of carbonyl (C=O) groups is 3. The number of hydrogen-bond acceptors (Lipinski definition) is 6. The van der Waals surface area contributed by atoms with Gasteiger partial charge in [0.25, 0.3) is 0 Å². The molecule has 1 saturated heterocycles. The van der Waals surface area contributed by atoms with Crippen molar-refractivity contribution in [1.29, 1.82) is 0 Å². The van der Waals surface area contributed by atoms with Crippen LogP contribution in [0.2, 0.25) is 0 Å². The van der Waals surface area contributed by atoms with E-state index in [-0.39, 0.29) is 42.8 Å². The van der Waals surface area contributed by atoms with Crippen LogP contribution in [0, 0.1) is 29.6 Å². The molecule has 0 bridgehead atoms. The zero-order valence-corrected chi connectivity index (χ0v) is 19.9. The average Bonchev–Trinajstić information content (AvgIpc) is 3.36. The van der Waals surface area contributed by atoms with Crippen molar-refractivity contribution in [2.24, 2.45) is 29.6 Å². The third-order valence-electron chi connectivity index (χ3n) is 7.16. The topological polar surface area (TPSA) is 129 Å². The standard InChI is InChI=1S/C24H32N6O4/c1-13(2)18(11-31)30-21(15-10-9-14(3)19(22(32)25-4)20(15)24(30)34)23(33)26-12-29-17-8-6-5-7-16(17)27-28-29/h5-10,13-15,18-21,31H,11-12H2,1-4H3,(H,25,32)(H,26,33)/t14-,15+,18+,19-,20+,21+/m1/s1. The number of fused-ring (bicyclic) bond motifs is 2. The number of aromatic nitrogens is 3. The quantitative estimate of drug-likeness (QED) is 0.509. The Bertz CT molecular complexity index is 1110. The fourth-order valence-corrected chi connectivity index (χ4v) is 5.37. The minimum absolute atomic E-state index is 0.0801. The number of hydrogen-bond donors (Lipinski definition) is 3. The maximum Gasteiger partial charge on any atom is 0.244 e. The van der Waals surface area contributed by atoms with Gasteiger partial charge in [0.2, 0.25) is 17.7 Å². The number of aliphatic hydroxyl groups excluding tert-OH is 1. The minimum Gasteiger partial charge on any atom is -0.394 e. The summed E-state index contributed by atoms with van der Waals surface area (Å²) in [5.74, 6) is -2.81. The molecule has 1 aliphatic carbocycles. The molecule has 1 fully saturated rings. The molecule has 2 aromatic rings. The summed E-state index contributed by atoms with van der Waals surface area (Å²) in [6.07, 6.45) is 3.79. The molecule has 0 unspecified atom stereocenters. The highest BCUT2D eigenvalue weighted by atomic mass is 16.3. The first-order valence-corrected chi connectivity index (χ1v) is 11.7. The Labute approximate surface area is 198 Å². The molecule has 0 saturated carbocycles. The van der Waals surface area contributed by atoms with Gasteiger partial charge in [-0.2, -0.15) is 0 Å². The van der Waals surface area contributed by atoms with Crippen LogP contribution in [0.5, 0.6) is 0 Å². The SMILES string of the molecule is CNC(=O)[C@H]1[C@H]2C(=O)N([C@@H](CO)C(C)C)[C@H](C(=O)NCn3nnc4ccccc43)[C@H]2C=C[C@H]1C. The van der Waals surface area contributed by atoms with Gasteiger partial charge in [-0.25, -0.2) is 4.68 Å². The third-order valence-corrected chi connectivity index (χ3v) is 7.16. The van der Waals surface area contributed by atoms with Crippen LogP contribution in [0.3, 0.4) is 0 Å². The van der Waals surface area contributed by atoms with Crippen LogP contribution in [-0.4, -0.2) is 68.5 Å². The molecule has 0 spiro atoms. The van der Waals surface area contributed by atoms with E-state index in [4.69, 9.17) is 0 Å². The van der Waals surface area contributed by atoms with Crippen molar-refractivity contribution in [3.63, 3.8) is 0 Å². The van der Waals surface area contributed by atoms with E-state index in [2.05, 4.69) is 20.9 Å². The van der Waals surface area contributed by atoms with Crippen molar-refractivity contribution < 1.29 is 19.5 Å². The van der Waals surface area contributed by atoms with E-state index >= 15 is 0 Å². The Balaban J connectivity index is 1.66. The number of benzene rings is 1. The molecule has 34 heavy (non-hydrogen) atoms. The first kappa shape index (κ1) is 23.9. The molecule has 1 aliphatic heterocycles. The Morgan fingerprint density at radius 1 is 1.18 bits per heavy atom. The zero-order chi connectivity index (χ0) is 24.6. The normalized spacial score (nSPS) is 27.2. The molecule has 4 rings (SSSR count). The molecule has 10 heteroatoms. The van der Waals surface area contributed by atoms with E-state index < -0.39 is 29.8 Å². The van der Waals surface area contributed by atoms with Crippen LogP contribution >= 0.6 is 0 Å². The predicted molar refractivity (Wildman–Crippen MR) is 125 cm³/mol. The van der Waals surface area contributed by atoms with Crippen molar-refractivity contribution in [1.82, 2.24) is 30.5 Å². The van der Waals surface area contributed by atoms with Gasteiger partial charge in [0.15, 0.2) is 0 Å². The van der Waals surface area contributed by atoms with E-state index in [1.807, 2.05) is 57.2 Å². The highest BCUT2D eigenvalue weighted by molar-refractivity contribution is 5.97. The third kappa shape index (κ3) is 3.96. The molecule has 2 heterocycles. The molecular formula is C24H32N6O4. The fourth-order valence-electron chi connectivity index (χ4n) is 5.37. The van der Waals surface area contributed by atoms with Crippen molar-refractivity contribution in [2.45, 2.75) is 39.5 Å². The van der Waals surface area contributed by atoms with Crippen LogP contribution in [0.1, 0.15) is 20.8 Å². The van der Waals surface area contributed by atoms with Crippen molar-refractivity contribution in [3.8, 4) is 0 Å². The minimum atomic E-state index is -0.845. The van der Waals surface area contributed by atoms with Crippen LogP contribution in [-0.2, 0) is 21.1 Å². The van der Waals surface area contributed by atoms with Gasteiger partial charge in [0.1, 0.15) is 18.2 Å². The predicted octanol–water partition coefficient (Wildman–Crippen LogP) is 0.533. The molecule has 1 aromatic carbocycles. The summed E-state index contributed by atoms with van der Waals surface area (Å²) in [6.45, 7) is 5.52. The number of rotatable bonds is 7. The summed E-state index contributed by atoms with van der Waals surface area (Å²) in [5.41, 5.74) is 1.49. The number of likely N-dealkylation sites (tertiary alicyclic amines) is 1. The van der Waals surface area contributed by atoms with E-state index in [0.29, 0.717) is 5.52 Å². The molecule has 6 atom stereocenters. The summed E-state index contributed by atoms with van der Waals surface area (Å²) in [6, 6.07) is 6.04. The van der Waals surface area contributed by atoms with Crippen LogP contribution in [0.4, 0.5) is 0 Å². The fraction of sp³-hybridized carbons (Fsp3) is 0.542. The first-order chi connectivity index (χ1) is 16.3. The van der Waals surface area contributed by atoms with Gasteiger partial charge in [-0.05, 0) is 24.0 Å². The van der Waals surface area contributed by atoms with Crippen LogP contribution in [0.25, 0.3) is 11.0 Å². The van der Waals surface area contributed by atoms with Gasteiger partial charge in [-0.3, -0.25) is 14.4 Å². The number of carbonyl (C=O) groups excluding carboxylic acids is 3. The lowest BCUT2D eigenvalue weighted by Crippen LogP contribution is -2.54. The van der Waals surface area contributed by atoms with E-state index in [1.165, 1.54) is 4.90 Å². The Morgan fingerprint density at radius 2 is 1.91 bits per heavy atom. The lowest BCUT2D eigenvalue weighted by molar-refractivity contribution is -0.144. The molecule has 10 nitrogen and oxygen atoms in total. The summed E-state index contributed by atoms with van der Waals surface area (Å²) in [5, 5.41) is 23.9. The van der Waals surface area contributed by atoms with Crippen LogP contribution < -0.4 is 10.6 Å². The summed E-state index contributed by atoms with van der Waals surface area (Å²) >= 11 is 0. The van der Waals surface area contributed by atoms with Crippen molar-refractivity contribution in [3.05, 3.63) is 36.4 Å². The van der Waals surface area contributed by atoms with Gasteiger partial charge >= 0.3 is 0 Å². The Morgan fingerprint density at radius 3 is 2.59 bits per heavy atom. The van der Waals surface area contributed by atoms with Crippen molar-refractivity contribution in [2.75, 3.05) is 13.7 Å². The zero-order valence-electron chi connectivity index (χ0n) is 19.9. The van der Waals surface area contributed by atoms with Gasteiger partial charge < -0.3 is 20.6 Å². The van der Waals surface area contributed by atoms with Gasteiger partial charge in [-0.15, -0.1) is 5.10 Å². The lowest BCUT2D eigenvalue weighted by atomic mass is 9.70. The molecule has 2 aliphatic rings. The maximum atomic E-state index is 13.7. The van der Waals surface area contributed by atoms with E-state index in [1.54, 1.807) is 11.7 Å². The van der Waals surface area contributed by atoms with Gasteiger partial charge in [-0.1, -0.05) is 50.3 Å². The number of para-hydroxylation sites is 1. The molecule has 1 aromatic heterocycles. The molecular weight excluding hydrogens is 436 g/mol. The van der Waals surface area contributed by atoms with E-state index in [9.17, 15) is 19.5 Å². The first-order valence-electron chi connectivity index (χ1n) is 11.7. The summed E-state index contributed by atoms with van der Waals surface area (Å²) in [4.78, 5) is 41.6. The van der Waals surface area contributed by atoms with Crippen LogP contribution in [0.15, 0.2) is 36.4 Å². The number of amides is 3. The second-order valence-electron chi connectivity index (χ2n) is 9.45. The summed E-state index contributed by atoms with van der Waals surface area (Å²) in [7, 11) is 1.55. The maximum absolute atomic E-state index is 13.7. The number of nitrogens with zero attached hydrogens (tertiary/aromatic N) is 4. The Hall–Kier alpha value is -3.27. The second-order valence-corrected chi connectivity index (χ2v) is 9.45. The van der Waals surface area contributed by atoms with Gasteiger partial charge in [0, 0.05) is 13.0 Å². The largest absolute Gasteiger partial charge is 0.394 e. The monoisotopic (exact) mass is 468 g/mol. The number of allylic oxidation sites excluding steroid dienone is 1. The van der Waals surface area contributed by atoms with E-state index in [0.717, 1.165) is 5.52 Å². The molecule has 3 N–H and O–H groups in total.